The van der Waals surface area contributed by atoms with Crippen molar-refractivity contribution in [3.05, 3.63) is 0 Å². The van der Waals surface area contributed by atoms with E-state index in [9.17, 15) is 0 Å². The van der Waals surface area contributed by atoms with E-state index in [2.05, 4.69) is 26.1 Å². The molecule has 94 valence electrons. The van der Waals surface area contributed by atoms with E-state index in [4.69, 9.17) is 0 Å². The molecule has 0 aliphatic heterocycles. The lowest BCUT2D eigenvalue weighted by Gasteiger charge is -2.36. The Morgan fingerprint density at radius 1 is 1.06 bits per heavy atom. The molecular formula is C15H29N. The molecule has 2 saturated carbocycles. The summed E-state index contributed by atoms with van der Waals surface area (Å²) in [7, 11) is 0. The Morgan fingerprint density at radius 2 is 1.88 bits per heavy atom. The van der Waals surface area contributed by atoms with E-state index in [-0.39, 0.29) is 0 Å². The van der Waals surface area contributed by atoms with Crippen LogP contribution in [0.1, 0.15) is 65.7 Å². The molecule has 2 rings (SSSR count). The Kier molecular flexibility index (Phi) is 4.29. The maximum atomic E-state index is 3.96. The summed E-state index contributed by atoms with van der Waals surface area (Å²) in [4.78, 5) is 0. The molecule has 0 aromatic heterocycles. The van der Waals surface area contributed by atoms with E-state index in [1.807, 2.05) is 0 Å². The van der Waals surface area contributed by atoms with Crippen molar-refractivity contribution in [3.63, 3.8) is 0 Å². The smallest absolute Gasteiger partial charge is 0.00978 e. The predicted octanol–water partition coefficient (Wildman–Crippen LogP) is 3.98. The molecule has 0 heterocycles. The zero-order chi connectivity index (χ0) is 11.5. The lowest BCUT2D eigenvalue weighted by atomic mass is 9.78. The lowest BCUT2D eigenvalue weighted by Crippen LogP contribution is -2.45. The monoisotopic (exact) mass is 223 g/mol. The highest BCUT2D eigenvalue weighted by Gasteiger charge is 2.31. The summed E-state index contributed by atoms with van der Waals surface area (Å²) in [6.07, 6.45) is 10.0. The molecule has 0 amide bonds. The van der Waals surface area contributed by atoms with Crippen LogP contribution in [0.4, 0.5) is 0 Å². The highest BCUT2D eigenvalue weighted by atomic mass is 15.0. The molecule has 0 bridgehead atoms. The molecule has 16 heavy (non-hydrogen) atoms. The highest BCUT2D eigenvalue weighted by Crippen LogP contribution is 2.33. The van der Waals surface area contributed by atoms with Crippen molar-refractivity contribution in [2.45, 2.75) is 77.8 Å². The normalized spacial score (nSPS) is 44.8. The molecule has 0 spiro atoms. The Balaban J connectivity index is 1.80. The molecule has 2 aliphatic carbocycles. The van der Waals surface area contributed by atoms with Crippen molar-refractivity contribution in [2.24, 2.45) is 17.8 Å². The van der Waals surface area contributed by atoms with Gasteiger partial charge in [-0.15, -0.1) is 0 Å². The summed E-state index contributed by atoms with van der Waals surface area (Å²) in [6, 6.07) is 1.65. The van der Waals surface area contributed by atoms with Crippen LogP contribution in [0.5, 0.6) is 0 Å². The first-order valence-electron chi connectivity index (χ1n) is 7.46. The summed E-state index contributed by atoms with van der Waals surface area (Å²) < 4.78 is 0. The van der Waals surface area contributed by atoms with Gasteiger partial charge in [-0.25, -0.2) is 0 Å². The third-order valence-electron chi connectivity index (χ3n) is 5.28. The second-order valence-corrected chi connectivity index (χ2v) is 6.32. The Morgan fingerprint density at radius 3 is 2.56 bits per heavy atom. The van der Waals surface area contributed by atoms with Crippen LogP contribution in [0.15, 0.2) is 0 Å². The van der Waals surface area contributed by atoms with Gasteiger partial charge < -0.3 is 5.32 Å². The van der Waals surface area contributed by atoms with Crippen molar-refractivity contribution in [1.29, 1.82) is 0 Å². The van der Waals surface area contributed by atoms with Gasteiger partial charge in [0.05, 0.1) is 0 Å². The van der Waals surface area contributed by atoms with Crippen LogP contribution in [-0.2, 0) is 0 Å². The van der Waals surface area contributed by atoms with Crippen LogP contribution in [0.25, 0.3) is 0 Å². The maximum Gasteiger partial charge on any atom is 0.00978 e. The molecular weight excluding hydrogens is 194 g/mol. The van der Waals surface area contributed by atoms with Gasteiger partial charge in [-0.1, -0.05) is 40.0 Å². The fourth-order valence-corrected chi connectivity index (χ4v) is 3.72. The van der Waals surface area contributed by atoms with Gasteiger partial charge in [-0.2, -0.15) is 0 Å². The van der Waals surface area contributed by atoms with Crippen LogP contribution in [0, 0.1) is 17.8 Å². The van der Waals surface area contributed by atoms with Crippen molar-refractivity contribution >= 4 is 0 Å². The largest absolute Gasteiger partial charge is 0.311 e. The molecule has 5 unspecified atom stereocenters. The molecule has 5 atom stereocenters. The Hall–Kier alpha value is -0.0400. The molecule has 2 fully saturated rings. The van der Waals surface area contributed by atoms with E-state index in [0.29, 0.717) is 0 Å². The van der Waals surface area contributed by atoms with Crippen molar-refractivity contribution in [2.75, 3.05) is 0 Å². The van der Waals surface area contributed by atoms with Crippen molar-refractivity contribution in [3.8, 4) is 0 Å². The van der Waals surface area contributed by atoms with Crippen LogP contribution in [0.3, 0.4) is 0 Å². The first-order chi connectivity index (χ1) is 7.70. The molecule has 1 heteroatoms. The summed E-state index contributed by atoms with van der Waals surface area (Å²) in [5.41, 5.74) is 0. The number of hydrogen-bond donors (Lipinski definition) is 1. The van der Waals surface area contributed by atoms with E-state index >= 15 is 0 Å². The van der Waals surface area contributed by atoms with Gasteiger partial charge in [0.2, 0.25) is 0 Å². The fraction of sp³-hybridized carbons (Fsp3) is 1.00. The first-order valence-corrected chi connectivity index (χ1v) is 7.46. The third-order valence-corrected chi connectivity index (χ3v) is 5.28. The third kappa shape index (κ3) is 2.80. The van der Waals surface area contributed by atoms with Gasteiger partial charge >= 0.3 is 0 Å². The van der Waals surface area contributed by atoms with E-state index in [1.54, 1.807) is 0 Å². The topological polar surface area (TPSA) is 12.0 Å². The van der Waals surface area contributed by atoms with Gasteiger partial charge in [0.1, 0.15) is 0 Å². The predicted molar refractivity (Wildman–Crippen MR) is 70.5 cm³/mol. The molecule has 2 aliphatic rings. The molecule has 1 N–H and O–H groups in total. The van der Waals surface area contributed by atoms with Crippen LogP contribution in [0.2, 0.25) is 0 Å². The number of hydrogen-bond acceptors (Lipinski definition) is 1. The van der Waals surface area contributed by atoms with Crippen LogP contribution < -0.4 is 5.32 Å². The van der Waals surface area contributed by atoms with Gasteiger partial charge in [0.25, 0.3) is 0 Å². The minimum absolute atomic E-state index is 0.810. The second kappa shape index (κ2) is 5.53. The summed E-state index contributed by atoms with van der Waals surface area (Å²) in [5, 5.41) is 3.96. The fourth-order valence-electron chi connectivity index (χ4n) is 3.72. The lowest BCUT2D eigenvalue weighted by molar-refractivity contribution is 0.193. The van der Waals surface area contributed by atoms with Gasteiger partial charge in [0, 0.05) is 12.1 Å². The molecule has 0 aromatic rings. The van der Waals surface area contributed by atoms with Crippen molar-refractivity contribution in [1.82, 2.24) is 5.32 Å². The standard InChI is InChI=1S/C15H29N/c1-4-13-8-9-14(10-13)16-15-7-5-6-11(2)12(15)3/h11-16H,4-10H2,1-3H3. The molecule has 0 saturated heterocycles. The van der Waals surface area contributed by atoms with Crippen LogP contribution in [-0.4, -0.2) is 12.1 Å². The van der Waals surface area contributed by atoms with Crippen molar-refractivity contribution < 1.29 is 0 Å². The summed E-state index contributed by atoms with van der Waals surface area (Å²) >= 11 is 0. The molecule has 0 radical (unpaired) electrons. The van der Waals surface area contributed by atoms with E-state index in [1.165, 1.54) is 44.9 Å². The first kappa shape index (κ1) is 12.4. The number of nitrogens with one attached hydrogen (secondary N) is 1. The van der Waals surface area contributed by atoms with Gasteiger partial charge in [-0.05, 0) is 43.4 Å². The molecule has 1 nitrogen and oxygen atoms in total. The quantitative estimate of drug-likeness (QED) is 0.763. The minimum Gasteiger partial charge on any atom is -0.311 e. The Bertz CT molecular complexity index is 213. The average molecular weight is 223 g/mol. The average Bonchev–Trinajstić information content (AvgIpc) is 2.73. The van der Waals surface area contributed by atoms with E-state index < -0.39 is 0 Å². The summed E-state index contributed by atoms with van der Waals surface area (Å²) in [6.45, 7) is 7.23. The van der Waals surface area contributed by atoms with Crippen LogP contribution >= 0.6 is 0 Å². The van der Waals surface area contributed by atoms with E-state index in [0.717, 1.165) is 29.8 Å². The second-order valence-electron chi connectivity index (χ2n) is 6.32. The molecule has 0 aromatic carbocycles. The Labute approximate surface area is 101 Å². The minimum atomic E-state index is 0.810. The zero-order valence-electron chi connectivity index (χ0n) is 11.3. The zero-order valence-corrected chi connectivity index (χ0v) is 11.3. The summed E-state index contributed by atoms with van der Waals surface area (Å²) in [5.74, 6) is 2.82. The number of rotatable bonds is 3. The maximum absolute atomic E-state index is 3.96. The van der Waals surface area contributed by atoms with Gasteiger partial charge in [-0.3, -0.25) is 0 Å². The SMILES string of the molecule is CCC1CCC(NC2CCCC(C)C2C)C1. The van der Waals surface area contributed by atoms with Gasteiger partial charge in [0.15, 0.2) is 0 Å². The highest BCUT2D eigenvalue weighted by molar-refractivity contribution is 4.88.